The molecule has 0 aliphatic carbocycles. The maximum Gasteiger partial charge on any atom is 0.0596 e. The van der Waals surface area contributed by atoms with Crippen LogP contribution < -0.4 is 0 Å². The van der Waals surface area contributed by atoms with Crippen LogP contribution in [0.2, 0.25) is 0 Å². The molecule has 0 fully saturated rings. The Morgan fingerprint density at radius 3 is 2.46 bits per heavy atom. The molecule has 0 aliphatic rings. The van der Waals surface area contributed by atoms with Crippen molar-refractivity contribution in [3.8, 4) is 0 Å². The topological polar surface area (TPSA) is 17.8 Å². The number of halogens is 2. The molecule has 1 heterocycles. The normalized spacial score (nSPS) is 11.2. The van der Waals surface area contributed by atoms with Gasteiger partial charge in [0.2, 0.25) is 0 Å². The van der Waals surface area contributed by atoms with Crippen LogP contribution >= 0.6 is 23.2 Å². The Balaban J connectivity index is 2.67. The first-order valence-corrected chi connectivity index (χ1v) is 5.35. The quantitative estimate of drug-likeness (QED) is 0.713. The van der Waals surface area contributed by atoms with Crippen LogP contribution in [-0.4, -0.2) is 21.5 Å². The molecule has 0 aromatic carbocycles. The second-order valence-electron chi connectivity index (χ2n) is 3.28. The Morgan fingerprint density at radius 1 is 1.46 bits per heavy atom. The van der Waals surface area contributed by atoms with Gasteiger partial charge in [0.25, 0.3) is 0 Å². The molecule has 0 amide bonds. The molecule has 1 aromatic rings. The van der Waals surface area contributed by atoms with Crippen molar-refractivity contribution in [2.24, 2.45) is 13.0 Å². The molecule has 2 nitrogen and oxygen atoms in total. The lowest BCUT2D eigenvalue weighted by Crippen LogP contribution is -2.11. The Bertz CT molecular complexity index is 267. The van der Waals surface area contributed by atoms with Crippen molar-refractivity contribution >= 4 is 23.2 Å². The van der Waals surface area contributed by atoms with Gasteiger partial charge < -0.3 is 0 Å². The maximum atomic E-state index is 5.76. The number of aryl methyl sites for hydroxylation is 2. The van der Waals surface area contributed by atoms with Gasteiger partial charge in [0.05, 0.1) is 5.69 Å². The summed E-state index contributed by atoms with van der Waals surface area (Å²) >= 11 is 11.5. The van der Waals surface area contributed by atoms with Crippen LogP contribution in [0.4, 0.5) is 0 Å². The van der Waals surface area contributed by atoms with Crippen molar-refractivity contribution in [3.63, 3.8) is 0 Å². The van der Waals surface area contributed by atoms with Crippen molar-refractivity contribution in [1.82, 2.24) is 9.78 Å². The van der Waals surface area contributed by atoms with Crippen molar-refractivity contribution in [1.29, 1.82) is 0 Å². The third-order valence-electron chi connectivity index (χ3n) is 2.03. The number of hydrogen-bond donors (Lipinski definition) is 0. The zero-order chi connectivity index (χ0) is 9.84. The van der Waals surface area contributed by atoms with Crippen LogP contribution in [0.3, 0.4) is 0 Å². The molecule has 0 saturated carbocycles. The highest BCUT2D eigenvalue weighted by Crippen LogP contribution is 2.12. The summed E-state index contributed by atoms with van der Waals surface area (Å²) in [6, 6.07) is 2.08. The van der Waals surface area contributed by atoms with Crippen molar-refractivity contribution in [3.05, 3.63) is 17.5 Å². The first-order valence-electron chi connectivity index (χ1n) is 4.28. The van der Waals surface area contributed by atoms with E-state index in [1.54, 1.807) is 0 Å². The molecule has 0 atom stereocenters. The highest BCUT2D eigenvalue weighted by Gasteiger charge is 2.10. The molecule has 0 bridgehead atoms. The van der Waals surface area contributed by atoms with Gasteiger partial charge in [-0.25, -0.2) is 0 Å². The fourth-order valence-corrected chi connectivity index (χ4v) is 1.85. The second-order valence-corrected chi connectivity index (χ2v) is 3.90. The van der Waals surface area contributed by atoms with E-state index >= 15 is 0 Å². The van der Waals surface area contributed by atoms with E-state index in [0.29, 0.717) is 17.7 Å². The number of hydrogen-bond acceptors (Lipinski definition) is 1. The zero-order valence-corrected chi connectivity index (χ0v) is 9.44. The molecular weight excluding hydrogens is 207 g/mol. The molecule has 4 heteroatoms. The molecule has 0 radical (unpaired) electrons. The van der Waals surface area contributed by atoms with Crippen LogP contribution in [0, 0.1) is 12.8 Å². The van der Waals surface area contributed by atoms with E-state index < -0.39 is 0 Å². The molecular formula is C9H14Cl2N2. The number of nitrogens with zero attached hydrogens (tertiary/aromatic N) is 2. The van der Waals surface area contributed by atoms with Gasteiger partial charge in [0.15, 0.2) is 0 Å². The van der Waals surface area contributed by atoms with E-state index in [9.17, 15) is 0 Å². The predicted octanol–water partition coefficient (Wildman–Crippen LogP) is 2.36. The molecule has 0 saturated heterocycles. The van der Waals surface area contributed by atoms with Gasteiger partial charge in [0.1, 0.15) is 0 Å². The summed E-state index contributed by atoms with van der Waals surface area (Å²) in [7, 11) is 1.95. The van der Waals surface area contributed by atoms with E-state index in [1.165, 1.54) is 5.69 Å². The minimum Gasteiger partial charge on any atom is -0.272 e. The van der Waals surface area contributed by atoms with Crippen molar-refractivity contribution in [2.45, 2.75) is 13.3 Å². The predicted molar refractivity (Wildman–Crippen MR) is 56.6 cm³/mol. The van der Waals surface area contributed by atoms with Crippen molar-refractivity contribution in [2.75, 3.05) is 11.8 Å². The van der Waals surface area contributed by atoms with Crippen molar-refractivity contribution < 1.29 is 0 Å². The fraction of sp³-hybridized carbons (Fsp3) is 0.667. The first-order chi connectivity index (χ1) is 6.17. The largest absolute Gasteiger partial charge is 0.272 e. The Hall–Kier alpha value is -0.210. The molecule has 13 heavy (non-hydrogen) atoms. The van der Waals surface area contributed by atoms with E-state index in [1.807, 2.05) is 18.7 Å². The van der Waals surface area contributed by atoms with E-state index in [0.717, 1.165) is 12.1 Å². The number of rotatable bonds is 4. The molecule has 0 spiro atoms. The minimum absolute atomic E-state index is 0.345. The van der Waals surface area contributed by atoms with Crippen LogP contribution in [0.15, 0.2) is 6.07 Å². The smallest absolute Gasteiger partial charge is 0.0596 e. The summed E-state index contributed by atoms with van der Waals surface area (Å²) in [5, 5.41) is 4.26. The third kappa shape index (κ3) is 2.89. The minimum atomic E-state index is 0.345. The second kappa shape index (κ2) is 4.87. The molecule has 0 N–H and O–H groups in total. The summed E-state index contributed by atoms with van der Waals surface area (Å²) in [6.07, 6.45) is 0.907. The third-order valence-corrected chi connectivity index (χ3v) is 2.91. The highest BCUT2D eigenvalue weighted by molar-refractivity contribution is 6.20. The SMILES string of the molecule is Cc1cc(CC(CCl)CCl)n(C)n1. The zero-order valence-electron chi connectivity index (χ0n) is 7.93. The van der Waals surface area contributed by atoms with Gasteiger partial charge in [-0.2, -0.15) is 5.10 Å². The van der Waals surface area contributed by atoms with Gasteiger partial charge in [-0.15, -0.1) is 23.2 Å². The Morgan fingerprint density at radius 2 is 2.08 bits per heavy atom. The first kappa shape index (κ1) is 10.9. The summed E-state index contributed by atoms with van der Waals surface area (Å²) < 4.78 is 1.89. The van der Waals surface area contributed by atoms with Gasteiger partial charge in [-0.05, 0) is 25.3 Å². The lowest BCUT2D eigenvalue weighted by molar-refractivity contribution is 0.604. The molecule has 1 rings (SSSR count). The van der Waals surface area contributed by atoms with Gasteiger partial charge in [-0.3, -0.25) is 4.68 Å². The van der Waals surface area contributed by atoms with Gasteiger partial charge in [-0.1, -0.05) is 0 Å². The van der Waals surface area contributed by atoms with E-state index in [4.69, 9.17) is 23.2 Å². The lowest BCUT2D eigenvalue weighted by Gasteiger charge is -2.09. The average molecular weight is 221 g/mol. The van der Waals surface area contributed by atoms with Crippen LogP contribution in [-0.2, 0) is 13.5 Å². The molecule has 0 aliphatic heterocycles. The molecule has 0 unspecified atom stereocenters. The fourth-order valence-electron chi connectivity index (χ4n) is 1.30. The van der Waals surface area contributed by atoms with Crippen LogP contribution in [0.25, 0.3) is 0 Å². The Labute approximate surface area is 88.8 Å². The number of alkyl halides is 2. The van der Waals surface area contributed by atoms with Gasteiger partial charge >= 0.3 is 0 Å². The summed E-state index contributed by atoms with van der Waals surface area (Å²) in [6.45, 7) is 1.99. The van der Waals surface area contributed by atoms with Crippen LogP contribution in [0.1, 0.15) is 11.4 Å². The average Bonchev–Trinajstić information content (AvgIpc) is 2.41. The monoisotopic (exact) mass is 220 g/mol. The highest BCUT2D eigenvalue weighted by atomic mass is 35.5. The summed E-state index contributed by atoms with van der Waals surface area (Å²) in [5.41, 5.74) is 2.24. The van der Waals surface area contributed by atoms with E-state index in [2.05, 4.69) is 11.2 Å². The summed E-state index contributed by atoms with van der Waals surface area (Å²) in [5.74, 6) is 1.56. The lowest BCUT2D eigenvalue weighted by atomic mass is 10.1. The standard InChI is InChI=1S/C9H14Cl2N2/c1-7-3-9(13(2)12-7)4-8(5-10)6-11/h3,8H,4-6H2,1-2H3. The maximum absolute atomic E-state index is 5.76. The van der Waals surface area contributed by atoms with Gasteiger partial charge in [0, 0.05) is 24.5 Å². The van der Waals surface area contributed by atoms with E-state index in [-0.39, 0.29) is 0 Å². The molecule has 1 aromatic heterocycles. The molecule has 74 valence electrons. The Kier molecular flexibility index (Phi) is 4.07. The summed E-state index contributed by atoms with van der Waals surface area (Å²) in [4.78, 5) is 0. The van der Waals surface area contributed by atoms with Crippen LogP contribution in [0.5, 0.6) is 0 Å². The number of aromatic nitrogens is 2.